The molecule has 0 N–H and O–H groups in total. The zero-order valence-electron chi connectivity index (χ0n) is 43.1. The summed E-state index contributed by atoms with van der Waals surface area (Å²) in [5.41, 5.74) is 0. The molecule has 0 aliphatic heterocycles. The van der Waals surface area contributed by atoms with Gasteiger partial charge >= 0.3 is 11.9 Å². The minimum Gasteiger partial charge on any atom is -0.756 e. The van der Waals surface area contributed by atoms with Crippen LogP contribution in [0.2, 0.25) is 0 Å². The monoisotopic (exact) mass is 946 g/mol. The van der Waals surface area contributed by atoms with Crippen LogP contribution in [-0.4, -0.2) is 70.0 Å². The van der Waals surface area contributed by atoms with E-state index < -0.39 is 32.5 Å². The molecule has 0 fully saturated rings. The Labute approximate surface area is 406 Å². The van der Waals surface area contributed by atoms with Gasteiger partial charge < -0.3 is 27.9 Å². The maximum absolute atomic E-state index is 12.7. The molecular weight excluding hydrogens is 846 g/mol. The van der Waals surface area contributed by atoms with Crippen molar-refractivity contribution in [2.24, 2.45) is 0 Å². The lowest BCUT2D eigenvalue weighted by Gasteiger charge is -2.28. The molecule has 0 radical (unpaired) electrons. The number of phosphoric ester groups is 1. The molecule has 0 saturated carbocycles. The molecule has 0 rings (SSSR count). The lowest BCUT2D eigenvalue weighted by molar-refractivity contribution is -0.870. The molecule has 0 heterocycles. The van der Waals surface area contributed by atoms with E-state index in [-0.39, 0.29) is 26.1 Å². The Morgan fingerprint density at radius 2 is 0.864 bits per heavy atom. The number of phosphoric acid groups is 1. The van der Waals surface area contributed by atoms with Crippen LogP contribution in [0.5, 0.6) is 0 Å². The van der Waals surface area contributed by atoms with E-state index in [2.05, 4.69) is 86.8 Å². The topological polar surface area (TPSA) is 111 Å². The summed E-state index contributed by atoms with van der Waals surface area (Å²) >= 11 is 0. The first-order valence-corrected chi connectivity index (χ1v) is 28.1. The fourth-order valence-corrected chi connectivity index (χ4v) is 7.80. The Balaban J connectivity index is 4.07. The Kier molecular flexibility index (Phi) is 45.7. The van der Waals surface area contributed by atoms with Crippen molar-refractivity contribution in [1.82, 2.24) is 0 Å². The SMILES string of the molecule is CC/C=C\C/C=C\C/C=C\C/C=C\C/C=C\CCCCCCCCCCCCCCCCCC(=O)OC(COC(=O)CCCCCCC/C=C\CCCC)COP(=O)([O-])OCC[N+](C)(C)C. The lowest BCUT2D eigenvalue weighted by Crippen LogP contribution is -2.37. The Morgan fingerprint density at radius 3 is 1.30 bits per heavy atom. The molecule has 2 unspecified atom stereocenters. The first-order chi connectivity index (χ1) is 32.0. The molecule has 0 saturated heterocycles. The van der Waals surface area contributed by atoms with Gasteiger partial charge in [0.15, 0.2) is 6.10 Å². The summed E-state index contributed by atoms with van der Waals surface area (Å²) in [6.45, 7) is 4.07. The molecule has 2 atom stereocenters. The average Bonchev–Trinajstić information content (AvgIpc) is 3.27. The molecule has 0 amide bonds. The van der Waals surface area contributed by atoms with E-state index in [0.29, 0.717) is 17.4 Å². The standard InChI is InChI=1S/C56H100NO8P/c1-6-8-10-12-14-16-18-19-20-21-22-23-24-25-26-27-28-29-30-31-32-33-34-35-36-37-39-41-43-45-47-49-56(59)65-54(53-64-66(60,61)63-51-50-57(3,4)5)52-62-55(58)48-46-44-42-40-38-17-15-13-11-9-7-2/h8,10,13-16,19-20,22-23,25-26,54H,6-7,9,11-12,17-18,21,24,27-53H2,1-5H3/b10-8-,15-13-,16-14-,20-19-,23-22-,26-25-. The zero-order valence-corrected chi connectivity index (χ0v) is 44.0. The summed E-state index contributed by atoms with van der Waals surface area (Å²) in [4.78, 5) is 37.6. The zero-order chi connectivity index (χ0) is 48.5. The predicted molar refractivity (Wildman–Crippen MR) is 277 cm³/mol. The van der Waals surface area contributed by atoms with Crippen LogP contribution < -0.4 is 4.89 Å². The number of nitrogens with zero attached hydrogens (tertiary/aromatic N) is 1. The smallest absolute Gasteiger partial charge is 0.306 e. The van der Waals surface area contributed by atoms with Crippen molar-refractivity contribution in [1.29, 1.82) is 0 Å². The summed E-state index contributed by atoms with van der Waals surface area (Å²) in [5.74, 6) is -0.845. The van der Waals surface area contributed by atoms with Crippen molar-refractivity contribution >= 4 is 19.8 Å². The third kappa shape index (κ3) is 50.9. The van der Waals surface area contributed by atoms with Crippen LogP contribution in [0.1, 0.15) is 219 Å². The van der Waals surface area contributed by atoms with E-state index in [1.54, 1.807) is 0 Å². The van der Waals surface area contributed by atoms with E-state index in [0.717, 1.165) is 96.3 Å². The fourth-order valence-electron chi connectivity index (χ4n) is 7.07. The minimum absolute atomic E-state index is 0.0337. The normalized spacial score (nSPS) is 14.0. The van der Waals surface area contributed by atoms with Crippen molar-refractivity contribution in [2.45, 2.75) is 225 Å². The highest BCUT2D eigenvalue weighted by Gasteiger charge is 2.21. The molecule has 0 aliphatic rings. The molecule has 0 spiro atoms. The molecule has 66 heavy (non-hydrogen) atoms. The van der Waals surface area contributed by atoms with Gasteiger partial charge in [-0.25, -0.2) is 0 Å². The first-order valence-electron chi connectivity index (χ1n) is 26.6. The highest BCUT2D eigenvalue weighted by molar-refractivity contribution is 7.45. The Hall–Kier alpha value is -2.55. The number of ether oxygens (including phenoxy) is 2. The second-order valence-corrected chi connectivity index (χ2v) is 20.3. The third-order valence-electron chi connectivity index (χ3n) is 11.2. The first kappa shape index (κ1) is 63.5. The number of hydrogen-bond donors (Lipinski definition) is 0. The summed E-state index contributed by atoms with van der Waals surface area (Å²) in [7, 11) is 1.16. The van der Waals surface area contributed by atoms with Crippen LogP contribution in [0.3, 0.4) is 0 Å². The van der Waals surface area contributed by atoms with Crippen LogP contribution in [0.25, 0.3) is 0 Å². The van der Waals surface area contributed by atoms with Crippen LogP contribution in [0.4, 0.5) is 0 Å². The molecule has 10 heteroatoms. The second kappa shape index (κ2) is 47.5. The van der Waals surface area contributed by atoms with Crippen molar-refractivity contribution in [3.05, 3.63) is 72.9 Å². The van der Waals surface area contributed by atoms with E-state index >= 15 is 0 Å². The Bertz CT molecular complexity index is 1350. The van der Waals surface area contributed by atoms with Gasteiger partial charge in [0, 0.05) is 12.8 Å². The van der Waals surface area contributed by atoms with E-state index in [9.17, 15) is 19.0 Å². The number of hydrogen-bond acceptors (Lipinski definition) is 8. The summed E-state index contributed by atoms with van der Waals surface area (Å²) in [6, 6.07) is 0. The van der Waals surface area contributed by atoms with E-state index in [1.165, 1.54) is 89.9 Å². The lowest BCUT2D eigenvalue weighted by atomic mass is 10.0. The number of rotatable bonds is 48. The number of esters is 2. The molecule has 0 aromatic rings. The number of likely N-dealkylation sites (N-methyl/N-ethyl adjacent to an activating group) is 1. The number of quaternary nitrogens is 1. The van der Waals surface area contributed by atoms with Gasteiger partial charge in [-0.2, -0.15) is 0 Å². The quantitative estimate of drug-likeness (QED) is 0.0195. The van der Waals surface area contributed by atoms with Gasteiger partial charge in [0.1, 0.15) is 19.8 Å². The highest BCUT2D eigenvalue weighted by Crippen LogP contribution is 2.38. The van der Waals surface area contributed by atoms with Gasteiger partial charge in [-0.05, 0) is 77.0 Å². The minimum atomic E-state index is -4.63. The number of allylic oxidation sites excluding steroid dienone is 12. The Morgan fingerprint density at radius 1 is 0.485 bits per heavy atom. The third-order valence-corrected chi connectivity index (χ3v) is 12.2. The summed E-state index contributed by atoms with van der Waals surface area (Å²) < 4.78 is 34.0. The van der Waals surface area contributed by atoms with E-state index in [1.807, 2.05) is 21.1 Å². The summed E-state index contributed by atoms with van der Waals surface area (Å²) in [5, 5.41) is 0. The van der Waals surface area contributed by atoms with Gasteiger partial charge in [0.25, 0.3) is 7.82 Å². The maximum Gasteiger partial charge on any atom is 0.306 e. The average molecular weight is 946 g/mol. The second-order valence-electron chi connectivity index (χ2n) is 18.9. The van der Waals surface area contributed by atoms with Crippen LogP contribution in [0.15, 0.2) is 72.9 Å². The van der Waals surface area contributed by atoms with Crippen LogP contribution in [-0.2, 0) is 32.7 Å². The largest absolute Gasteiger partial charge is 0.756 e. The van der Waals surface area contributed by atoms with Gasteiger partial charge in [0.05, 0.1) is 27.7 Å². The van der Waals surface area contributed by atoms with Crippen molar-refractivity contribution < 1.29 is 42.1 Å². The van der Waals surface area contributed by atoms with Gasteiger partial charge in [-0.15, -0.1) is 0 Å². The van der Waals surface area contributed by atoms with Gasteiger partial charge in [-0.3, -0.25) is 14.2 Å². The molecule has 0 aromatic carbocycles. The van der Waals surface area contributed by atoms with Crippen molar-refractivity contribution in [3.8, 4) is 0 Å². The van der Waals surface area contributed by atoms with E-state index in [4.69, 9.17) is 18.5 Å². The fraction of sp³-hybridized carbons (Fsp3) is 0.750. The molecule has 0 aliphatic carbocycles. The maximum atomic E-state index is 12.7. The molecule has 382 valence electrons. The van der Waals surface area contributed by atoms with Gasteiger partial charge in [-0.1, -0.05) is 202 Å². The van der Waals surface area contributed by atoms with Crippen LogP contribution >= 0.6 is 7.82 Å². The molecule has 0 aromatic heterocycles. The molecular formula is C56H100NO8P. The predicted octanol–water partition coefficient (Wildman–Crippen LogP) is 15.5. The molecule has 0 bridgehead atoms. The number of unbranched alkanes of at least 4 members (excludes halogenated alkanes) is 22. The van der Waals surface area contributed by atoms with Crippen molar-refractivity contribution in [3.63, 3.8) is 0 Å². The van der Waals surface area contributed by atoms with Crippen LogP contribution in [0, 0.1) is 0 Å². The molecule has 9 nitrogen and oxygen atoms in total. The van der Waals surface area contributed by atoms with Gasteiger partial charge in [0.2, 0.25) is 0 Å². The number of carbonyl (C=O) groups is 2. The van der Waals surface area contributed by atoms with Crippen molar-refractivity contribution in [2.75, 3.05) is 47.5 Å². The highest BCUT2D eigenvalue weighted by atomic mass is 31.2. The summed E-state index contributed by atoms with van der Waals surface area (Å²) in [6.07, 6.45) is 61.0. The number of carbonyl (C=O) groups excluding carboxylic acids is 2.